The minimum absolute atomic E-state index is 0.417. The van der Waals surface area contributed by atoms with Crippen molar-refractivity contribution in [3.63, 3.8) is 0 Å². The first-order valence-corrected chi connectivity index (χ1v) is 7.17. The number of halogens is 1. The van der Waals surface area contributed by atoms with Crippen LogP contribution in [0.2, 0.25) is 5.02 Å². The molecule has 1 aromatic rings. The van der Waals surface area contributed by atoms with Gasteiger partial charge in [0.2, 0.25) is 0 Å². The van der Waals surface area contributed by atoms with Crippen molar-refractivity contribution in [3.05, 3.63) is 22.7 Å². The molecule has 0 saturated carbocycles. The Morgan fingerprint density at radius 3 is 2.60 bits per heavy atom. The van der Waals surface area contributed by atoms with Crippen molar-refractivity contribution in [2.24, 2.45) is 0 Å². The lowest BCUT2D eigenvalue weighted by Gasteiger charge is -2.20. The van der Waals surface area contributed by atoms with Crippen LogP contribution < -0.4 is 14.8 Å². The molecular formula is C15H24ClNO3. The van der Waals surface area contributed by atoms with Gasteiger partial charge in [-0.25, -0.2) is 0 Å². The topological polar surface area (TPSA) is 50.7 Å². The van der Waals surface area contributed by atoms with Gasteiger partial charge in [-0.15, -0.1) is 0 Å². The first-order valence-electron chi connectivity index (χ1n) is 6.79. The maximum atomic E-state index is 9.73. The second kappa shape index (κ2) is 7.72. The third-order valence-corrected chi connectivity index (χ3v) is 3.06. The van der Waals surface area contributed by atoms with E-state index in [1.54, 1.807) is 27.0 Å². The number of hydrogen-bond donors (Lipinski definition) is 2. The Labute approximate surface area is 126 Å². The Kier molecular flexibility index (Phi) is 6.59. The summed E-state index contributed by atoms with van der Waals surface area (Å²) in [5.74, 6) is 1.29. The molecule has 0 amide bonds. The van der Waals surface area contributed by atoms with E-state index in [1.807, 2.05) is 13.0 Å². The fraction of sp³-hybridized carbons (Fsp3) is 0.600. The molecular weight excluding hydrogens is 278 g/mol. The number of nitrogens with one attached hydrogen (secondary N) is 1. The van der Waals surface area contributed by atoms with Crippen molar-refractivity contribution in [3.8, 4) is 11.5 Å². The van der Waals surface area contributed by atoms with Gasteiger partial charge in [-0.2, -0.15) is 0 Å². The monoisotopic (exact) mass is 301 g/mol. The van der Waals surface area contributed by atoms with Crippen LogP contribution in [-0.4, -0.2) is 31.0 Å². The zero-order chi connectivity index (χ0) is 15.2. The van der Waals surface area contributed by atoms with E-state index in [2.05, 4.69) is 5.32 Å². The lowest BCUT2D eigenvalue weighted by atomic mass is 10.1. The van der Waals surface area contributed by atoms with Crippen molar-refractivity contribution in [1.82, 2.24) is 5.32 Å². The van der Waals surface area contributed by atoms with E-state index in [0.717, 1.165) is 12.1 Å². The molecule has 2 N–H and O–H groups in total. The van der Waals surface area contributed by atoms with Crippen LogP contribution in [0.15, 0.2) is 12.1 Å². The molecule has 0 bridgehead atoms. The van der Waals surface area contributed by atoms with E-state index >= 15 is 0 Å². The van der Waals surface area contributed by atoms with Gasteiger partial charge in [-0.3, -0.25) is 0 Å². The van der Waals surface area contributed by atoms with Crippen LogP contribution in [0.3, 0.4) is 0 Å². The SMILES string of the molecule is CCNCc1cc(Cl)cc(OC)c1OCCC(C)(C)O. The zero-order valence-corrected chi connectivity index (χ0v) is 13.4. The minimum Gasteiger partial charge on any atom is -0.493 e. The summed E-state index contributed by atoms with van der Waals surface area (Å²) in [6, 6.07) is 3.60. The molecule has 0 heterocycles. The van der Waals surface area contributed by atoms with Crippen LogP contribution in [0, 0.1) is 0 Å². The van der Waals surface area contributed by atoms with Crippen LogP contribution in [0.4, 0.5) is 0 Å². The molecule has 0 spiro atoms. The van der Waals surface area contributed by atoms with Crippen LogP contribution in [0.5, 0.6) is 11.5 Å². The number of ether oxygens (including phenoxy) is 2. The van der Waals surface area contributed by atoms with Gasteiger partial charge in [0.1, 0.15) is 0 Å². The number of methoxy groups -OCH3 is 1. The molecule has 0 atom stereocenters. The minimum atomic E-state index is -0.749. The Balaban J connectivity index is 2.89. The van der Waals surface area contributed by atoms with Gasteiger partial charge in [0, 0.05) is 29.6 Å². The van der Waals surface area contributed by atoms with Crippen molar-refractivity contribution < 1.29 is 14.6 Å². The van der Waals surface area contributed by atoms with Crippen LogP contribution in [0.25, 0.3) is 0 Å². The fourth-order valence-electron chi connectivity index (χ4n) is 1.73. The Morgan fingerprint density at radius 1 is 1.35 bits per heavy atom. The van der Waals surface area contributed by atoms with E-state index in [9.17, 15) is 5.11 Å². The molecule has 0 aromatic heterocycles. The maximum Gasteiger partial charge on any atom is 0.165 e. The highest BCUT2D eigenvalue weighted by atomic mass is 35.5. The molecule has 1 aromatic carbocycles. The molecule has 0 fully saturated rings. The zero-order valence-electron chi connectivity index (χ0n) is 12.6. The highest BCUT2D eigenvalue weighted by Crippen LogP contribution is 2.35. The first kappa shape index (κ1) is 17.1. The molecule has 0 radical (unpaired) electrons. The summed E-state index contributed by atoms with van der Waals surface area (Å²) in [6.45, 7) is 7.49. The van der Waals surface area contributed by atoms with Gasteiger partial charge in [-0.1, -0.05) is 18.5 Å². The Morgan fingerprint density at radius 2 is 2.05 bits per heavy atom. The summed E-state index contributed by atoms with van der Waals surface area (Å²) >= 11 is 6.08. The van der Waals surface area contributed by atoms with Gasteiger partial charge < -0.3 is 19.9 Å². The lowest BCUT2D eigenvalue weighted by molar-refractivity contribution is 0.0547. The van der Waals surface area contributed by atoms with Crippen molar-refractivity contribution in [2.45, 2.75) is 39.3 Å². The molecule has 114 valence electrons. The standard InChI is InChI=1S/C15H24ClNO3/c1-5-17-10-11-8-12(16)9-13(19-4)14(11)20-7-6-15(2,3)18/h8-9,17-18H,5-7,10H2,1-4H3. The third-order valence-electron chi connectivity index (χ3n) is 2.84. The average molecular weight is 302 g/mol. The second-order valence-electron chi connectivity index (χ2n) is 5.29. The Bertz CT molecular complexity index is 430. The van der Waals surface area contributed by atoms with E-state index in [4.69, 9.17) is 21.1 Å². The molecule has 5 heteroatoms. The maximum absolute atomic E-state index is 9.73. The molecule has 0 aliphatic carbocycles. The molecule has 1 rings (SSSR count). The van der Waals surface area contributed by atoms with Gasteiger partial charge in [0.05, 0.1) is 19.3 Å². The van der Waals surface area contributed by atoms with Crippen molar-refractivity contribution in [2.75, 3.05) is 20.3 Å². The lowest BCUT2D eigenvalue weighted by Crippen LogP contribution is -2.22. The molecule has 20 heavy (non-hydrogen) atoms. The summed E-state index contributed by atoms with van der Waals surface area (Å²) < 4.78 is 11.1. The third kappa shape index (κ3) is 5.57. The quantitative estimate of drug-likeness (QED) is 0.775. The van der Waals surface area contributed by atoms with Crippen molar-refractivity contribution >= 4 is 11.6 Å². The van der Waals surface area contributed by atoms with Crippen molar-refractivity contribution in [1.29, 1.82) is 0 Å². The smallest absolute Gasteiger partial charge is 0.165 e. The highest BCUT2D eigenvalue weighted by Gasteiger charge is 2.16. The van der Waals surface area contributed by atoms with E-state index in [1.165, 1.54) is 0 Å². The number of rotatable bonds is 8. The largest absolute Gasteiger partial charge is 0.493 e. The second-order valence-corrected chi connectivity index (χ2v) is 5.72. The fourth-order valence-corrected chi connectivity index (χ4v) is 1.96. The molecule has 0 aliphatic rings. The first-order chi connectivity index (χ1) is 9.37. The summed E-state index contributed by atoms with van der Waals surface area (Å²) in [4.78, 5) is 0. The van der Waals surface area contributed by atoms with Crippen LogP contribution in [-0.2, 0) is 6.54 Å². The molecule has 0 aliphatic heterocycles. The van der Waals surface area contributed by atoms with Crippen LogP contribution >= 0.6 is 11.6 Å². The van der Waals surface area contributed by atoms with Gasteiger partial charge in [0.15, 0.2) is 11.5 Å². The molecule has 4 nitrogen and oxygen atoms in total. The summed E-state index contributed by atoms with van der Waals surface area (Å²) in [5, 5.41) is 13.6. The number of hydrogen-bond acceptors (Lipinski definition) is 4. The van der Waals surface area contributed by atoms with E-state index in [0.29, 0.717) is 36.1 Å². The van der Waals surface area contributed by atoms with E-state index < -0.39 is 5.60 Å². The summed E-state index contributed by atoms with van der Waals surface area (Å²) in [5.41, 5.74) is 0.202. The summed E-state index contributed by atoms with van der Waals surface area (Å²) in [7, 11) is 1.59. The normalized spacial score (nSPS) is 11.5. The predicted octanol–water partition coefficient (Wildman–Crippen LogP) is 3.00. The van der Waals surface area contributed by atoms with Gasteiger partial charge >= 0.3 is 0 Å². The number of benzene rings is 1. The highest BCUT2D eigenvalue weighted by molar-refractivity contribution is 6.30. The predicted molar refractivity (Wildman–Crippen MR) is 81.8 cm³/mol. The molecule has 0 saturated heterocycles. The van der Waals surface area contributed by atoms with Gasteiger partial charge in [0.25, 0.3) is 0 Å². The Hall–Kier alpha value is -0.970. The van der Waals surface area contributed by atoms with Gasteiger partial charge in [-0.05, 0) is 26.5 Å². The summed E-state index contributed by atoms with van der Waals surface area (Å²) in [6.07, 6.45) is 0.541. The number of aliphatic hydroxyl groups is 1. The van der Waals surface area contributed by atoms with Crippen LogP contribution in [0.1, 0.15) is 32.8 Å². The molecule has 0 unspecified atom stereocenters. The van der Waals surface area contributed by atoms with E-state index in [-0.39, 0.29) is 0 Å². The average Bonchev–Trinajstić information content (AvgIpc) is 2.36.